The van der Waals surface area contributed by atoms with Gasteiger partial charge in [0.15, 0.2) is 11.5 Å². The van der Waals surface area contributed by atoms with E-state index in [1.54, 1.807) is 0 Å². The molecule has 1 aromatic heterocycles. The fraction of sp³-hybridized carbons (Fsp3) is 0.600. The summed E-state index contributed by atoms with van der Waals surface area (Å²) in [5.74, 6) is -0.383. The highest BCUT2D eigenvalue weighted by atomic mass is 16.4. The molecule has 0 aromatic carbocycles. The number of carbonyl (C=O) groups is 2. The van der Waals surface area contributed by atoms with E-state index >= 15 is 0 Å². The summed E-state index contributed by atoms with van der Waals surface area (Å²) < 4.78 is 0. The Hall–Kier alpha value is -2.18. The average molecular weight is 304 g/mol. The van der Waals surface area contributed by atoms with E-state index in [1.165, 1.54) is 12.4 Å². The lowest BCUT2D eigenvalue weighted by molar-refractivity contribution is -0.136. The average Bonchev–Trinajstić information content (AvgIpc) is 2.52. The summed E-state index contributed by atoms with van der Waals surface area (Å²) >= 11 is 0. The second-order valence-electron chi connectivity index (χ2n) is 6.27. The maximum Gasteiger partial charge on any atom is 0.358 e. The summed E-state index contributed by atoms with van der Waals surface area (Å²) in [6.45, 7) is 2.30. The molecule has 7 nitrogen and oxygen atoms in total. The van der Waals surface area contributed by atoms with Crippen LogP contribution < -0.4 is 4.90 Å². The Morgan fingerprint density at radius 2 is 1.91 bits per heavy atom. The van der Waals surface area contributed by atoms with E-state index in [2.05, 4.69) is 9.97 Å². The predicted octanol–water partition coefficient (Wildman–Crippen LogP) is 1.01. The highest BCUT2D eigenvalue weighted by Crippen LogP contribution is 2.40. The van der Waals surface area contributed by atoms with Gasteiger partial charge in [-0.3, -0.25) is 4.79 Å². The molecule has 1 aromatic rings. The minimum atomic E-state index is -1.05. The number of piperidine rings is 2. The SMILES string of the molecule is CN1CC2(CCC1=O)CCN(c1nccnc1C(=O)O)CC2. The fourth-order valence-electron chi connectivity index (χ4n) is 3.55. The van der Waals surface area contributed by atoms with Gasteiger partial charge in [-0.2, -0.15) is 0 Å². The summed E-state index contributed by atoms with van der Waals surface area (Å²) in [7, 11) is 1.86. The number of amides is 1. The lowest BCUT2D eigenvalue weighted by Crippen LogP contribution is -2.50. The molecule has 2 saturated heterocycles. The zero-order valence-electron chi connectivity index (χ0n) is 12.7. The summed E-state index contributed by atoms with van der Waals surface area (Å²) in [5, 5.41) is 9.23. The van der Waals surface area contributed by atoms with Crippen molar-refractivity contribution in [1.82, 2.24) is 14.9 Å². The van der Waals surface area contributed by atoms with E-state index in [0.717, 1.165) is 38.9 Å². The molecule has 1 spiro atoms. The highest BCUT2D eigenvalue weighted by Gasteiger charge is 2.40. The van der Waals surface area contributed by atoms with Gasteiger partial charge in [0, 0.05) is 45.5 Å². The number of hydrogen-bond donors (Lipinski definition) is 1. The van der Waals surface area contributed by atoms with Crippen molar-refractivity contribution >= 4 is 17.7 Å². The molecular weight excluding hydrogens is 284 g/mol. The number of rotatable bonds is 2. The molecule has 0 radical (unpaired) electrons. The van der Waals surface area contributed by atoms with Crippen LogP contribution in [0.2, 0.25) is 0 Å². The van der Waals surface area contributed by atoms with E-state index in [4.69, 9.17) is 0 Å². The number of carboxylic acids is 1. The Bertz CT molecular complexity index is 596. The second kappa shape index (κ2) is 5.55. The zero-order chi connectivity index (χ0) is 15.7. The normalized spacial score (nSPS) is 21.2. The van der Waals surface area contributed by atoms with Gasteiger partial charge in [-0.1, -0.05) is 0 Å². The van der Waals surface area contributed by atoms with Gasteiger partial charge in [-0.05, 0) is 24.7 Å². The van der Waals surface area contributed by atoms with Crippen molar-refractivity contribution in [3.05, 3.63) is 18.1 Å². The van der Waals surface area contributed by atoms with Crippen molar-refractivity contribution in [3.8, 4) is 0 Å². The van der Waals surface area contributed by atoms with Gasteiger partial charge in [0.05, 0.1) is 0 Å². The first-order valence-corrected chi connectivity index (χ1v) is 7.54. The van der Waals surface area contributed by atoms with Gasteiger partial charge >= 0.3 is 5.97 Å². The number of hydrogen-bond acceptors (Lipinski definition) is 5. The molecule has 0 atom stereocenters. The number of aromatic carboxylic acids is 1. The third kappa shape index (κ3) is 2.63. The van der Waals surface area contributed by atoms with E-state index in [-0.39, 0.29) is 17.0 Å². The second-order valence-corrected chi connectivity index (χ2v) is 6.27. The van der Waals surface area contributed by atoms with E-state index in [1.807, 2.05) is 16.8 Å². The summed E-state index contributed by atoms with van der Waals surface area (Å²) in [5.41, 5.74) is 0.180. The van der Waals surface area contributed by atoms with Crippen LogP contribution in [-0.2, 0) is 4.79 Å². The maximum atomic E-state index is 11.7. The van der Waals surface area contributed by atoms with Crippen LogP contribution in [0.3, 0.4) is 0 Å². The molecule has 0 saturated carbocycles. The number of carboxylic acid groups (broad SMARTS) is 1. The third-order valence-electron chi connectivity index (χ3n) is 4.87. The lowest BCUT2D eigenvalue weighted by Gasteiger charge is -2.46. The maximum absolute atomic E-state index is 11.7. The molecule has 2 aliphatic heterocycles. The Labute approximate surface area is 129 Å². The van der Waals surface area contributed by atoms with E-state index in [0.29, 0.717) is 12.2 Å². The van der Waals surface area contributed by atoms with Crippen molar-refractivity contribution in [2.75, 3.05) is 31.6 Å². The topological polar surface area (TPSA) is 86.6 Å². The van der Waals surface area contributed by atoms with Crippen LogP contribution in [0, 0.1) is 5.41 Å². The van der Waals surface area contributed by atoms with Crippen LogP contribution in [0.15, 0.2) is 12.4 Å². The van der Waals surface area contributed by atoms with Crippen LogP contribution >= 0.6 is 0 Å². The molecule has 3 heterocycles. The highest BCUT2D eigenvalue weighted by molar-refractivity contribution is 5.90. The zero-order valence-corrected chi connectivity index (χ0v) is 12.7. The number of aromatic nitrogens is 2. The molecule has 1 N–H and O–H groups in total. The minimum Gasteiger partial charge on any atom is -0.476 e. The number of likely N-dealkylation sites (tertiary alicyclic amines) is 1. The fourth-order valence-corrected chi connectivity index (χ4v) is 3.55. The first kappa shape index (κ1) is 14.7. The van der Waals surface area contributed by atoms with Crippen molar-refractivity contribution in [1.29, 1.82) is 0 Å². The Balaban J connectivity index is 1.72. The standard InChI is InChI=1S/C15H20N4O3/c1-18-10-15(3-2-11(18)20)4-8-19(9-5-15)13-12(14(21)22)16-6-7-17-13/h6-7H,2-5,8-10H2,1H3,(H,21,22). The summed E-state index contributed by atoms with van der Waals surface area (Å²) in [6, 6.07) is 0. The van der Waals surface area contributed by atoms with Crippen LogP contribution in [0.25, 0.3) is 0 Å². The van der Waals surface area contributed by atoms with Crippen LogP contribution in [0.1, 0.15) is 36.2 Å². The van der Waals surface area contributed by atoms with Gasteiger partial charge in [0.1, 0.15) is 0 Å². The third-order valence-corrected chi connectivity index (χ3v) is 4.87. The molecule has 22 heavy (non-hydrogen) atoms. The first-order chi connectivity index (χ1) is 10.5. The Morgan fingerprint density at radius 3 is 2.55 bits per heavy atom. The van der Waals surface area contributed by atoms with E-state index < -0.39 is 5.97 Å². The van der Waals surface area contributed by atoms with Crippen LogP contribution in [-0.4, -0.2) is 58.5 Å². The molecule has 3 rings (SSSR count). The van der Waals surface area contributed by atoms with Crippen molar-refractivity contribution in [3.63, 3.8) is 0 Å². The number of carbonyl (C=O) groups excluding carboxylic acids is 1. The number of anilines is 1. The van der Waals surface area contributed by atoms with Gasteiger partial charge in [0.2, 0.25) is 5.91 Å². The Kier molecular flexibility index (Phi) is 3.72. The monoisotopic (exact) mass is 304 g/mol. The molecule has 2 aliphatic rings. The molecule has 1 amide bonds. The molecular formula is C15H20N4O3. The molecule has 2 fully saturated rings. The van der Waals surface area contributed by atoms with Crippen molar-refractivity contribution in [2.24, 2.45) is 5.41 Å². The minimum absolute atomic E-state index is 0.00869. The largest absolute Gasteiger partial charge is 0.476 e. The van der Waals surface area contributed by atoms with Crippen molar-refractivity contribution < 1.29 is 14.7 Å². The Morgan fingerprint density at radius 1 is 1.23 bits per heavy atom. The van der Waals surface area contributed by atoms with Crippen molar-refractivity contribution in [2.45, 2.75) is 25.7 Å². The quantitative estimate of drug-likeness (QED) is 0.877. The first-order valence-electron chi connectivity index (χ1n) is 7.54. The molecule has 0 bridgehead atoms. The van der Waals surface area contributed by atoms with Gasteiger partial charge in [0.25, 0.3) is 0 Å². The lowest BCUT2D eigenvalue weighted by atomic mass is 9.72. The molecule has 0 unspecified atom stereocenters. The van der Waals surface area contributed by atoms with Gasteiger partial charge in [-0.25, -0.2) is 14.8 Å². The van der Waals surface area contributed by atoms with Crippen LogP contribution in [0.4, 0.5) is 5.82 Å². The van der Waals surface area contributed by atoms with Gasteiger partial charge < -0.3 is 14.9 Å². The molecule has 0 aliphatic carbocycles. The van der Waals surface area contributed by atoms with E-state index in [9.17, 15) is 14.7 Å². The molecule has 7 heteroatoms. The van der Waals surface area contributed by atoms with Gasteiger partial charge in [-0.15, -0.1) is 0 Å². The summed E-state index contributed by atoms with van der Waals surface area (Å²) in [6.07, 6.45) is 6.36. The summed E-state index contributed by atoms with van der Waals surface area (Å²) in [4.78, 5) is 34.9. The van der Waals surface area contributed by atoms with Crippen LogP contribution in [0.5, 0.6) is 0 Å². The predicted molar refractivity (Wildman–Crippen MR) is 79.7 cm³/mol. The molecule has 118 valence electrons. The number of nitrogens with zero attached hydrogens (tertiary/aromatic N) is 4. The smallest absolute Gasteiger partial charge is 0.358 e.